The SMILES string of the molecule is CN=C(NCCCCSC)N1CCC(CN2CCOCC2)C1. The van der Waals surface area contributed by atoms with Crippen LogP contribution in [-0.2, 0) is 4.74 Å². The number of rotatable bonds is 7. The molecule has 22 heavy (non-hydrogen) atoms. The first-order chi connectivity index (χ1) is 10.8. The minimum Gasteiger partial charge on any atom is -0.379 e. The van der Waals surface area contributed by atoms with E-state index in [9.17, 15) is 0 Å². The third kappa shape index (κ3) is 5.97. The Morgan fingerprint density at radius 2 is 2.09 bits per heavy atom. The van der Waals surface area contributed by atoms with Gasteiger partial charge < -0.3 is 15.0 Å². The minimum atomic E-state index is 0.771. The number of guanidine groups is 1. The number of nitrogens with zero attached hydrogens (tertiary/aromatic N) is 3. The molecule has 2 saturated heterocycles. The number of unbranched alkanes of at least 4 members (excludes halogenated alkanes) is 1. The van der Waals surface area contributed by atoms with Gasteiger partial charge in [0, 0.05) is 46.3 Å². The smallest absolute Gasteiger partial charge is 0.193 e. The Hall–Kier alpha value is -0.460. The van der Waals surface area contributed by atoms with Gasteiger partial charge in [-0.15, -0.1) is 0 Å². The monoisotopic (exact) mass is 328 g/mol. The molecular weight excluding hydrogens is 296 g/mol. The van der Waals surface area contributed by atoms with Crippen molar-refractivity contribution < 1.29 is 4.74 Å². The van der Waals surface area contributed by atoms with E-state index in [-0.39, 0.29) is 0 Å². The second kappa shape index (κ2) is 10.3. The van der Waals surface area contributed by atoms with Gasteiger partial charge in [-0.2, -0.15) is 11.8 Å². The maximum absolute atomic E-state index is 5.43. The topological polar surface area (TPSA) is 40.1 Å². The third-order valence-corrected chi connectivity index (χ3v) is 5.17. The van der Waals surface area contributed by atoms with E-state index in [2.05, 4.69) is 26.4 Å². The van der Waals surface area contributed by atoms with Gasteiger partial charge in [0.2, 0.25) is 0 Å². The van der Waals surface area contributed by atoms with Crippen molar-refractivity contribution in [2.45, 2.75) is 19.3 Å². The van der Waals surface area contributed by atoms with Gasteiger partial charge in [0.25, 0.3) is 0 Å². The quantitative estimate of drug-likeness (QED) is 0.434. The lowest BCUT2D eigenvalue weighted by Gasteiger charge is -2.29. The summed E-state index contributed by atoms with van der Waals surface area (Å²) in [5.74, 6) is 3.12. The summed E-state index contributed by atoms with van der Waals surface area (Å²) in [6, 6.07) is 0. The Balaban J connectivity index is 1.66. The fourth-order valence-corrected chi connectivity index (χ4v) is 3.72. The Kier molecular flexibility index (Phi) is 8.41. The van der Waals surface area contributed by atoms with Crippen LogP contribution in [0.4, 0.5) is 0 Å². The molecule has 2 aliphatic rings. The molecule has 128 valence electrons. The first-order valence-electron chi connectivity index (χ1n) is 8.58. The van der Waals surface area contributed by atoms with E-state index in [1.54, 1.807) is 0 Å². The summed E-state index contributed by atoms with van der Waals surface area (Å²) >= 11 is 1.93. The fourth-order valence-electron chi connectivity index (χ4n) is 3.23. The van der Waals surface area contributed by atoms with Gasteiger partial charge in [0.15, 0.2) is 5.96 Å². The predicted molar refractivity (Wildman–Crippen MR) is 95.9 cm³/mol. The Labute approximate surface area is 139 Å². The number of morpholine rings is 1. The molecule has 0 aromatic heterocycles. The highest BCUT2D eigenvalue weighted by Gasteiger charge is 2.26. The summed E-state index contributed by atoms with van der Waals surface area (Å²) in [7, 11) is 1.90. The van der Waals surface area contributed by atoms with Gasteiger partial charge in [-0.1, -0.05) is 0 Å². The lowest BCUT2D eigenvalue weighted by Crippen LogP contribution is -2.42. The van der Waals surface area contributed by atoms with Crippen molar-refractivity contribution in [2.24, 2.45) is 10.9 Å². The van der Waals surface area contributed by atoms with Crippen LogP contribution in [0.25, 0.3) is 0 Å². The largest absolute Gasteiger partial charge is 0.379 e. The lowest BCUT2D eigenvalue weighted by atomic mass is 10.1. The fraction of sp³-hybridized carbons (Fsp3) is 0.938. The molecule has 0 bridgehead atoms. The van der Waals surface area contributed by atoms with E-state index in [1.165, 1.54) is 31.6 Å². The second-order valence-corrected chi connectivity index (χ2v) is 7.17. The third-order valence-electron chi connectivity index (χ3n) is 4.48. The highest BCUT2D eigenvalue weighted by atomic mass is 32.2. The molecule has 0 spiro atoms. The molecule has 1 unspecified atom stereocenters. The van der Waals surface area contributed by atoms with Crippen LogP contribution in [0.3, 0.4) is 0 Å². The zero-order valence-corrected chi connectivity index (χ0v) is 15.0. The van der Waals surface area contributed by atoms with Gasteiger partial charge in [0.1, 0.15) is 0 Å². The highest BCUT2D eigenvalue weighted by molar-refractivity contribution is 7.98. The van der Waals surface area contributed by atoms with Gasteiger partial charge in [0.05, 0.1) is 13.2 Å². The molecule has 1 N–H and O–H groups in total. The highest BCUT2D eigenvalue weighted by Crippen LogP contribution is 2.18. The molecular formula is C16H32N4OS. The second-order valence-electron chi connectivity index (χ2n) is 6.19. The molecule has 0 aromatic carbocycles. The molecule has 2 rings (SSSR count). The average molecular weight is 329 g/mol. The number of nitrogens with one attached hydrogen (secondary N) is 1. The minimum absolute atomic E-state index is 0.771. The molecule has 0 saturated carbocycles. The van der Waals surface area contributed by atoms with Gasteiger partial charge in [-0.05, 0) is 37.2 Å². The van der Waals surface area contributed by atoms with Crippen molar-refractivity contribution in [3.8, 4) is 0 Å². The maximum Gasteiger partial charge on any atom is 0.193 e. The van der Waals surface area contributed by atoms with E-state index in [1.807, 2.05) is 18.8 Å². The summed E-state index contributed by atoms with van der Waals surface area (Å²) in [5.41, 5.74) is 0. The molecule has 2 aliphatic heterocycles. The van der Waals surface area contributed by atoms with Crippen LogP contribution >= 0.6 is 11.8 Å². The van der Waals surface area contributed by atoms with E-state index >= 15 is 0 Å². The molecule has 6 heteroatoms. The Morgan fingerprint density at radius 3 is 2.82 bits per heavy atom. The number of likely N-dealkylation sites (tertiary alicyclic amines) is 1. The van der Waals surface area contributed by atoms with Crippen LogP contribution in [0.2, 0.25) is 0 Å². The number of ether oxygens (including phenoxy) is 1. The molecule has 2 heterocycles. The Bertz CT molecular complexity index is 334. The summed E-state index contributed by atoms with van der Waals surface area (Å²) in [6.45, 7) is 8.52. The van der Waals surface area contributed by atoms with Crippen LogP contribution in [0, 0.1) is 5.92 Å². The molecule has 0 aliphatic carbocycles. The first kappa shape index (κ1) is 17.9. The summed E-state index contributed by atoms with van der Waals surface area (Å²) < 4.78 is 5.43. The van der Waals surface area contributed by atoms with Gasteiger partial charge in [-0.25, -0.2) is 0 Å². The number of hydrogen-bond donors (Lipinski definition) is 1. The zero-order valence-electron chi connectivity index (χ0n) is 14.2. The van der Waals surface area contributed by atoms with Gasteiger partial charge in [-0.3, -0.25) is 9.89 Å². The van der Waals surface area contributed by atoms with E-state index < -0.39 is 0 Å². The Morgan fingerprint density at radius 1 is 1.27 bits per heavy atom. The van der Waals surface area contributed by atoms with Crippen molar-refractivity contribution in [1.82, 2.24) is 15.1 Å². The van der Waals surface area contributed by atoms with Crippen molar-refractivity contribution in [2.75, 3.05) is 71.5 Å². The van der Waals surface area contributed by atoms with E-state index in [0.29, 0.717) is 0 Å². The first-order valence-corrected chi connectivity index (χ1v) is 9.97. The molecule has 5 nitrogen and oxygen atoms in total. The van der Waals surface area contributed by atoms with Gasteiger partial charge >= 0.3 is 0 Å². The molecule has 2 fully saturated rings. The number of thioether (sulfide) groups is 1. The van der Waals surface area contributed by atoms with Crippen molar-refractivity contribution in [3.63, 3.8) is 0 Å². The van der Waals surface area contributed by atoms with Crippen LogP contribution in [0.5, 0.6) is 0 Å². The normalized spacial score (nSPS) is 24.0. The van der Waals surface area contributed by atoms with Crippen LogP contribution in [-0.4, -0.2) is 87.3 Å². The van der Waals surface area contributed by atoms with Crippen molar-refractivity contribution in [1.29, 1.82) is 0 Å². The van der Waals surface area contributed by atoms with Crippen LogP contribution in [0.15, 0.2) is 4.99 Å². The standard InChI is InChI=1S/C16H32N4OS/c1-17-16(18-6-3-4-12-22-2)20-7-5-15(14-20)13-19-8-10-21-11-9-19/h15H,3-14H2,1-2H3,(H,17,18). The molecule has 0 amide bonds. The molecule has 0 aromatic rings. The summed E-state index contributed by atoms with van der Waals surface area (Å²) in [4.78, 5) is 9.44. The average Bonchev–Trinajstić information content (AvgIpc) is 3.00. The molecule has 0 radical (unpaired) electrons. The number of hydrogen-bond acceptors (Lipinski definition) is 4. The predicted octanol–water partition coefficient (Wildman–Crippen LogP) is 1.36. The van der Waals surface area contributed by atoms with Crippen molar-refractivity contribution in [3.05, 3.63) is 0 Å². The van der Waals surface area contributed by atoms with E-state index in [4.69, 9.17) is 4.74 Å². The van der Waals surface area contributed by atoms with Crippen LogP contribution in [0.1, 0.15) is 19.3 Å². The zero-order chi connectivity index (χ0) is 15.6. The summed E-state index contributed by atoms with van der Waals surface area (Å²) in [6.07, 6.45) is 5.96. The van der Waals surface area contributed by atoms with E-state index in [0.717, 1.165) is 57.8 Å². The maximum atomic E-state index is 5.43. The summed E-state index contributed by atoms with van der Waals surface area (Å²) in [5, 5.41) is 3.53. The van der Waals surface area contributed by atoms with Crippen molar-refractivity contribution >= 4 is 17.7 Å². The lowest BCUT2D eigenvalue weighted by molar-refractivity contribution is 0.0315. The number of aliphatic imine (C=N–C) groups is 1. The molecule has 1 atom stereocenters. The van der Waals surface area contributed by atoms with Crippen LogP contribution < -0.4 is 5.32 Å².